The number of aromatic nitrogens is 3. The highest BCUT2D eigenvalue weighted by molar-refractivity contribution is 7.22. The van der Waals surface area contributed by atoms with Crippen molar-refractivity contribution in [3.63, 3.8) is 0 Å². The fourth-order valence-corrected chi connectivity index (χ4v) is 3.93. The third kappa shape index (κ3) is 3.90. The number of carbonyl (C=O) groups is 1. The smallest absolute Gasteiger partial charge is 0.260 e. The topological polar surface area (TPSA) is 51.0 Å². The molecule has 2 aromatic carbocycles. The van der Waals surface area contributed by atoms with Crippen LogP contribution in [0.15, 0.2) is 67.3 Å². The first-order valence-electron chi connectivity index (χ1n) is 8.90. The lowest BCUT2D eigenvalue weighted by Crippen LogP contribution is -2.32. The van der Waals surface area contributed by atoms with Gasteiger partial charge >= 0.3 is 0 Å². The molecule has 2 heterocycles. The van der Waals surface area contributed by atoms with E-state index in [1.165, 1.54) is 0 Å². The van der Waals surface area contributed by atoms with Crippen LogP contribution in [0, 0.1) is 6.92 Å². The Hall–Kier alpha value is -2.99. The van der Waals surface area contributed by atoms with Crippen LogP contribution in [-0.2, 0) is 6.54 Å². The summed E-state index contributed by atoms with van der Waals surface area (Å²) in [5.41, 5.74) is 2.74. The first-order valence-corrected chi connectivity index (χ1v) is 9.72. The molecule has 0 N–H and O–H groups in total. The molecule has 2 aromatic heterocycles. The Labute approximate surface area is 161 Å². The predicted molar refractivity (Wildman–Crippen MR) is 109 cm³/mol. The van der Waals surface area contributed by atoms with Crippen molar-refractivity contribution in [2.45, 2.75) is 19.9 Å². The van der Waals surface area contributed by atoms with E-state index >= 15 is 0 Å². The second-order valence-electron chi connectivity index (χ2n) is 6.44. The molecule has 1 amide bonds. The van der Waals surface area contributed by atoms with Gasteiger partial charge in [-0.2, -0.15) is 0 Å². The summed E-state index contributed by atoms with van der Waals surface area (Å²) in [6.07, 6.45) is 6.32. The quantitative estimate of drug-likeness (QED) is 0.496. The molecule has 5 nitrogen and oxygen atoms in total. The molecular formula is C21H20N4OS. The summed E-state index contributed by atoms with van der Waals surface area (Å²) < 4.78 is 3.11. The Balaban J connectivity index is 1.61. The Bertz CT molecular complexity index is 1000. The third-order valence-electron chi connectivity index (χ3n) is 4.41. The molecule has 0 aliphatic heterocycles. The molecule has 0 spiro atoms. The molecule has 6 heteroatoms. The highest BCUT2D eigenvalue weighted by atomic mass is 32.1. The van der Waals surface area contributed by atoms with Crippen molar-refractivity contribution in [2.75, 3.05) is 11.4 Å². The zero-order valence-corrected chi connectivity index (χ0v) is 15.9. The van der Waals surface area contributed by atoms with Crippen molar-refractivity contribution in [1.29, 1.82) is 0 Å². The van der Waals surface area contributed by atoms with Gasteiger partial charge in [0.15, 0.2) is 5.13 Å². The van der Waals surface area contributed by atoms with Gasteiger partial charge in [0.2, 0.25) is 0 Å². The van der Waals surface area contributed by atoms with Crippen LogP contribution in [0.1, 0.15) is 22.3 Å². The van der Waals surface area contributed by atoms with Crippen LogP contribution in [0.5, 0.6) is 0 Å². The summed E-state index contributed by atoms with van der Waals surface area (Å²) in [5, 5.41) is 0.743. The lowest BCUT2D eigenvalue weighted by molar-refractivity contribution is 0.0986. The highest BCUT2D eigenvalue weighted by Crippen LogP contribution is 2.29. The number of hydrogen-bond donors (Lipinski definition) is 0. The number of anilines is 1. The second-order valence-corrected chi connectivity index (χ2v) is 7.45. The number of aryl methyl sites for hydroxylation is 2. The van der Waals surface area contributed by atoms with Gasteiger partial charge in [-0.1, -0.05) is 41.2 Å². The Kier molecular flexibility index (Phi) is 4.98. The minimum atomic E-state index is -0.0142. The van der Waals surface area contributed by atoms with E-state index in [1.54, 1.807) is 28.8 Å². The lowest BCUT2D eigenvalue weighted by atomic mass is 10.1. The van der Waals surface area contributed by atoms with E-state index in [9.17, 15) is 4.79 Å². The van der Waals surface area contributed by atoms with Crippen LogP contribution in [-0.4, -0.2) is 27.0 Å². The van der Waals surface area contributed by atoms with Gasteiger partial charge in [-0.25, -0.2) is 9.97 Å². The number of para-hydroxylation sites is 1. The molecule has 0 saturated heterocycles. The number of thiazole rings is 1. The SMILES string of the molecule is Cc1ccc(C(=O)N(CCCn2ccnc2)c2nc3ccccc3s2)cc1. The number of nitrogens with zero attached hydrogens (tertiary/aromatic N) is 4. The molecule has 4 rings (SSSR count). The van der Waals surface area contributed by atoms with E-state index in [0.29, 0.717) is 12.1 Å². The first kappa shape index (κ1) is 17.4. The molecular weight excluding hydrogens is 356 g/mol. The molecule has 0 unspecified atom stereocenters. The van der Waals surface area contributed by atoms with Crippen molar-refractivity contribution >= 4 is 32.6 Å². The fourth-order valence-electron chi connectivity index (χ4n) is 2.94. The van der Waals surface area contributed by atoms with Crippen molar-refractivity contribution < 1.29 is 4.79 Å². The van der Waals surface area contributed by atoms with Crippen LogP contribution in [0.4, 0.5) is 5.13 Å². The third-order valence-corrected chi connectivity index (χ3v) is 5.47. The van der Waals surface area contributed by atoms with Gasteiger partial charge in [0.05, 0.1) is 16.5 Å². The van der Waals surface area contributed by atoms with Gasteiger partial charge in [0.1, 0.15) is 0 Å². The summed E-state index contributed by atoms with van der Waals surface area (Å²) in [6.45, 7) is 3.43. The van der Waals surface area contributed by atoms with E-state index in [4.69, 9.17) is 4.98 Å². The molecule has 0 aliphatic carbocycles. The summed E-state index contributed by atoms with van der Waals surface area (Å²) in [5.74, 6) is -0.0142. The maximum atomic E-state index is 13.2. The lowest BCUT2D eigenvalue weighted by Gasteiger charge is -2.20. The number of hydrogen-bond acceptors (Lipinski definition) is 4. The van der Waals surface area contributed by atoms with Crippen LogP contribution in [0.25, 0.3) is 10.2 Å². The average Bonchev–Trinajstić information content (AvgIpc) is 3.34. The van der Waals surface area contributed by atoms with Crippen LogP contribution < -0.4 is 4.90 Å². The molecule has 4 aromatic rings. The van der Waals surface area contributed by atoms with Gasteiger partial charge in [-0.05, 0) is 37.6 Å². The normalized spacial score (nSPS) is 11.0. The predicted octanol–water partition coefficient (Wildman–Crippen LogP) is 4.54. The van der Waals surface area contributed by atoms with Crippen LogP contribution in [0.2, 0.25) is 0 Å². The largest absolute Gasteiger partial charge is 0.337 e. The Morgan fingerprint density at radius 1 is 1.15 bits per heavy atom. The van der Waals surface area contributed by atoms with E-state index in [-0.39, 0.29) is 5.91 Å². The molecule has 0 fully saturated rings. The molecule has 0 aliphatic rings. The van der Waals surface area contributed by atoms with Crippen molar-refractivity contribution in [3.8, 4) is 0 Å². The summed E-state index contributed by atoms with van der Waals surface area (Å²) in [7, 11) is 0. The molecule has 0 atom stereocenters. The number of imidazole rings is 1. The number of carbonyl (C=O) groups excluding carboxylic acids is 1. The minimum Gasteiger partial charge on any atom is -0.337 e. The molecule has 0 saturated carbocycles. The molecule has 0 bridgehead atoms. The van der Waals surface area contributed by atoms with E-state index in [1.807, 2.05) is 66.2 Å². The standard InChI is InChI=1S/C21H20N4OS/c1-16-7-9-17(10-8-16)20(26)25(13-4-12-24-14-11-22-15-24)21-23-18-5-2-3-6-19(18)27-21/h2-3,5-11,14-15H,4,12-13H2,1H3. The highest BCUT2D eigenvalue weighted by Gasteiger charge is 2.21. The van der Waals surface area contributed by atoms with Crippen LogP contribution in [0.3, 0.4) is 0 Å². The fraction of sp³-hybridized carbons (Fsp3) is 0.190. The minimum absolute atomic E-state index is 0.0142. The maximum absolute atomic E-state index is 13.2. The number of rotatable bonds is 6. The van der Waals surface area contributed by atoms with E-state index < -0.39 is 0 Å². The molecule has 27 heavy (non-hydrogen) atoms. The average molecular weight is 376 g/mol. The van der Waals surface area contributed by atoms with E-state index in [2.05, 4.69) is 4.98 Å². The van der Waals surface area contributed by atoms with Gasteiger partial charge in [-0.3, -0.25) is 9.69 Å². The van der Waals surface area contributed by atoms with E-state index in [0.717, 1.165) is 33.9 Å². The zero-order chi connectivity index (χ0) is 18.6. The number of benzene rings is 2. The zero-order valence-electron chi connectivity index (χ0n) is 15.1. The van der Waals surface area contributed by atoms with Crippen molar-refractivity contribution in [1.82, 2.24) is 14.5 Å². The van der Waals surface area contributed by atoms with Crippen LogP contribution >= 0.6 is 11.3 Å². The van der Waals surface area contributed by atoms with Gasteiger partial charge in [0, 0.05) is 31.0 Å². The Morgan fingerprint density at radius 3 is 2.70 bits per heavy atom. The van der Waals surface area contributed by atoms with Gasteiger partial charge in [0.25, 0.3) is 5.91 Å². The van der Waals surface area contributed by atoms with Gasteiger partial charge in [-0.15, -0.1) is 0 Å². The monoisotopic (exact) mass is 376 g/mol. The summed E-state index contributed by atoms with van der Waals surface area (Å²) >= 11 is 1.55. The summed E-state index contributed by atoms with van der Waals surface area (Å²) in [4.78, 5) is 23.8. The second kappa shape index (κ2) is 7.72. The first-order chi connectivity index (χ1) is 13.2. The summed E-state index contributed by atoms with van der Waals surface area (Å²) in [6, 6.07) is 15.7. The Morgan fingerprint density at radius 2 is 1.96 bits per heavy atom. The van der Waals surface area contributed by atoms with Crippen molar-refractivity contribution in [2.24, 2.45) is 0 Å². The molecule has 0 radical (unpaired) electrons. The van der Waals surface area contributed by atoms with Gasteiger partial charge < -0.3 is 4.57 Å². The maximum Gasteiger partial charge on any atom is 0.260 e. The molecule has 136 valence electrons. The number of fused-ring (bicyclic) bond motifs is 1. The number of amides is 1. The van der Waals surface area contributed by atoms with Crippen molar-refractivity contribution in [3.05, 3.63) is 78.4 Å².